The number of ether oxygens (including phenoxy) is 1. The van der Waals surface area contributed by atoms with Gasteiger partial charge in [0.15, 0.2) is 0 Å². The average Bonchev–Trinajstić information content (AvgIpc) is 3.11. The van der Waals surface area contributed by atoms with Gasteiger partial charge in [0.05, 0.1) is 42.2 Å². The predicted octanol–water partition coefficient (Wildman–Crippen LogP) is 4.71. The van der Waals surface area contributed by atoms with Crippen LogP contribution in [0, 0.1) is 0 Å². The number of pyridine rings is 1. The third-order valence-electron chi connectivity index (χ3n) is 7.66. The number of morpholine rings is 1. The molecule has 1 saturated carbocycles. The van der Waals surface area contributed by atoms with Gasteiger partial charge in [0, 0.05) is 35.8 Å². The van der Waals surface area contributed by atoms with Crippen LogP contribution in [0.15, 0.2) is 42.1 Å². The summed E-state index contributed by atoms with van der Waals surface area (Å²) < 4.78 is 7.60. The standard InChI is InChI=1S/C28H29N3O4/c32-27(30-11-13-35-14-12-30)21-15-19-7-4-10-29-25(19)26-24(18-5-2-1-3-6-18)22-9-8-20(28(33)34)16-23(22)31(26)17-21/h4,7-10,15-16,18H,1-3,5-6,11-14,17H2,(H,33,34). The van der Waals surface area contributed by atoms with Crippen LogP contribution in [0.5, 0.6) is 0 Å². The summed E-state index contributed by atoms with van der Waals surface area (Å²) in [6.07, 6.45) is 9.64. The van der Waals surface area contributed by atoms with Gasteiger partial charge in [-0.1, -0.05) is 31.4 Å². The number of amides is 1. The number of carboxylic acids is 1. The monoisotopic (exact) mass is 471 g/mol. The van der Waals surface area contributed by atoms with E-state index in [9.17, 15) is 14.7 Å². The minimum Gasteiger partial charge on any atom is -0.478 e. The molecule has 2 fully saturated rings. The fraction of sp³-hybridized carbons (Fsp3) is 0.393. The quantitative estimate of drug-likeness (QED) is 0.598. The second kappa shape index (κ2) is 8.96. The van der Waals surface area contributed by atoms with Crippen molar-refractivity contribution in [3.05, 3.63) is 58.8 Å². The SMILES string of the molecule is O=C(O)c1ccc2c(C3CCCCC3)c3n(c2c1)CC(C(=O)N1CCOCC1)=Cc1cccnc1-3. The van der Waals surface area contributed by atoms with Crippen LogP contribution in [-0.2, 0) is 16.1 Å². The molecule has 1 amide bonds. The fourth-order valence-corrected chi connectivity index (χ4v) is 5.97. The molecule has 0 unspecified atom stereocenters. The number of rotatable bonds is 3. The molecule has 6 rings (SSSR count). The molecule has 180 valence electrons. The lowest BCUT2D eigenvalue weighted by Crippen LogP contribution is -2.41. The number of fused-ring (bicyclic) bond motifs is 5. The summed E-state index contributed by atoms with van der Waals surface area (Å²) in [6, 6.07) is 9.35. The second-order valence-corrected chi connectivity index (χ2v) is 9.74. The zero-order chi connectivity index (χ0) is 23.9. The van der Waals surface area contributed by atoms with E-state index in [-0.39, 0.29) is 11.5 Å². The lowest BCUT2D eigenvalue weighted by Gasteiger charge is -2.28. The van der Waals surface area contributed by atoms with E-state index in [4.69, 9.17) is 9.72 Å². The number of carbonyl (C=O) groups is 2. The summed E-state index contributed by atoms with van der Waals surface area (Å²) in [6.45, 7) is 2.62. The van der Waals surface area contributed by atoms with Gasteiger partial charge in [-0.05, 0) is 48.6 Å². The van der Waals surface area contributed by atoms with Crippen molar-refractivity contribution in [3.8, 4) is 11.4 Å². The first kappa shape index (κ1) is 22.0. The van der Waals surface area contributed by atoms with E-state index in [2.05, 4.69) is 4.57 Å². The molecule has 1 aromatic carbocycles. The zero-order valence-electron chi connectivity index (χ0n) is 19.7. The molecule has 0 bridgehead atoms. The van der Waals surface area contributed by atoms with Crippen molar-refractivity contribution >= 4 is 28.9 Å². The number of aromatic carboxylic acids is 1. The molecule has 35 heavy (non-hydrogen) atoms. The van der Waals surface area contributed by atoms with Crippen LogP contribution in [0.3, 0.4) is 0 Å². The van der Waals surface area contributed by atoms with E-state index in [1.165, 1.54) is 24.8 Å². The van der Waals surface area contributed by atoms with Crippen LogP contribution in [-0.4, -0.2) is 57.7 Å². The predicted molar refractivity (Wildman–Crippen MR) is 133 cm³/mol. The first-order valence-electron chi connectivity index (χ1n) is 12.5. The molecule has 2 aliphatic heterocycles. The van der Waals surface area contributed by atoms with E-state index in [0.29, 0.717) is 44.3 Å². The minimum absolute atomic E-state index is 0.00593. The Morgan fingerprint density at radius 3 is 2.63 bits per heavy atom. The molecular weight excluding hydrogens is 442 g/mol. The summed E-state index contributed by atoms with van der Waals surface area (Å²) in [5, 5.41) is 10.8. The van der Waals surface area contributed by atoms with Crippen LogP contribution in [0.25, 0.3) is 28.4 Å². The van der Waals surface area contributed by atoms with Crippen molar-refractivity contribution in [1.29, 1.82) is 0 Å². The van der Waals surface area contributed by atoms with Crippen molar-refractivity contribution in [2.45, 2.75) is 44.6 Å². The molecule has 1 saturated heterocycles. The Labute approximate surface area is 204 Å². The van der Waals surface area contributed by atoms with Crippen LogP contribution < -0.4 is 0 Å². The van der Waals surface area contributed by atoms with Crippen LogP contribution in [0.2, 0.25) is 0 Å². The highest BCUT2D eigenvalue weighted by molar-refractivity contribution is 6.03. The fourth-order valence-electron chi connectivity index (χ4n) is 5.97. The van der Waals surface area contributed by atoms with Crippen molar-refractivity contribution in [2.24, 2.45) is 0 Å². The highest BCUT2D eigenvalue weighted by Gasteiger charge is 2.32. The van der Waals surface area contributed by atoms with Gasteiger partial charge in [-0.15, -0.1) is 0 Å². The third kappa shape index (κ3) is 3.84. The van der Waals surface area contributed by atoms with Crippen molar-refractivity contribution in [2.75, 3.05) is 26.3 Å². The second-order valence-electron chi connectivity index (χ2n) is 9.74. The normalized spacial score (nSPS) is 18.5. The lowest BCUT2D eigenvalue weighted by atomic mass is 9.82. The number of benzene rings is 1. The molecule has 7 nitrogen and oxygen atoms in total. The van der Waals surface area contributed by atoms with Gasteiger partial charge < -0.3 is 19.3 Å². The van der Waals surface area contributed by atoms with Crippen molar-refractivity contribution < 1.29 is 19.4 Å². The summed E-state index contributed by atoms with van der Waals surface area (Å²) in [5.41, 5.74) is 5.89. The molecule has 7 heteroatoms. The minimum atomic E-state index is -0.950. The summed E-state index contributed by atoms with van der Waals surface area (Å²) in [7, 11) is 0. The molecule has 1 aliphatic carbocycles. The van der Waals surface area contributed by atoms with Crippen molar-refractivity contribution in [3.63, 3.8) is 0 Å². The Balaban J connectivity index is 1.59. The third-order valence-corrected chi connectivity index (χ3v) is 7.66. The number of carboxylic acid groups (broad SMARTS) is 1. The summed E-state index contributed by atoms with van der Waals surface area (Å²) >= 11 is 0. The van der Waals surface area contributed by atoms with Crippen LogP contribution in [0.1, 0.15) is 59.5 Å². The van der Waals surface area contributed by atoms with Crippen LogP contribution in [0.4, 0.5) is 0 Å². The molecule has 0 radical (unpaired) electrons. The summed E-state index contributed by atoms with van der Waals surface area (Å²) in [4.78, 5) is 32.1. The van der Waals surface area contributed by atoms with Crippen LogP contribution >= 0.6 is 0 Å². The summed E-state index contributed by atoms with van der Waals surface area (Å²) in [5.74, 6) is -0.551. The highest BCUT2D eigenvalue weighted by Crippen LogP contribution is 2.46. The van der Waals surface area contributed by atoms with E-state index in [1.807, 2.05) is 29.2 Å². The maximum atomic E-state index is 13.6. The zero-order valence-corrected chi connectivity index (χ0v) is 19.7. The molecule has 3 aliphatic rings. The van der Waals surface area contributed by atoms with E-state index in [0.717, 1.165) is 40.7 Å². The Bertz CT molecular complexity index is 1340. The number of aromatic nitrogens is 2. The smallest absolute Gasteiger partial charge is 0.335 e. The Hall–Kier alpha value is -3.45. The molecule has 0 spiro atoms. The first-order chi connectivity index (χ1) is 17.1. The first-order valence-corrected chi connectivity index (χ1v) is 12.5. The maximum absolute atomic E-state index is 13.6. The van der Waals surface area contributed by atoms with Gasteiger partial charge in [0.25, 0.3) is 5.91 Å². The van der Waals surface area contributed by atoms with Gasteiger partial charge in [0.2, 0.25) is 0 Å². The van der Waals surface area contributed by atoms with Gasteiger partial charge in [-0.25, -0.2) is 4.79 Å². The molecule has 2 aromatic heterocycles. The number of hydrogen-bond acceptors (Lipinski definition) is 4. The highest BCUT2D eigenvalue weighted by atomic mass is 16.5. The van der Waals surface area contributed by atoms with Gasteiger partial charge >= 0.3 is 5.97 Å². The van der Waals surface area contributed by atoms with E-state index in [1.54, 1.807) is 18.3 Å². The van der Waals surface area contributed by atoms with Gasteiger partial charge in [0.1, 0.15) is 0 Å². The molecule has 1 N–H and O–H groups in total. The molecule has 3 aromatic rings. The van der Waals surface area contributed by atoms with Gasteiger partial charge in [-0.2, -0.15) is 0 Å². The lowest BCUT2D eigenvalue weighted by molar-refractivity contribution is -0.131. The van der Waals surface area contributed by atoms with Crippen molar-refractivity contribution in [1.82, 2.24) is 14.5 Å². The largest absolute Gasteiger partial charge is 0.478 e. The number of carbonyl (C=O) groups excluding carboxylic acids is 1. The Morgan fingerprint density at radius 2 is 1.86 bits per heavy atom. The maximum Gasteiger partial charge on any atom is 0.335 e. The van der Waals surface area contributed by atoms with E-state index >= 15 is 0 Å². The van der Waals surface area contributed by atoms with Gasteiger partial charge in [-0.3, -0.25) is 9.78 Å². The number of hydrogen-bond donors (Lipinski definition) is 1. The molecule has 4 heterocycles. The Kier molecular flexibility index (Phi) is 5.65. The number of nitrogens with zero attached hydrogens (tertiary/aromatic N) is 3. The Morgan fingerprint density at radius 1 is 1.06 bits per heavy atom. The average molecular weight is 472 g/mol. The topological polar surface area (TPSA) is 84.7 Å². The molecular formula is C28H29N3O4. The van der Waals surface area contributed by atoms with E-state index < -0.39 is 5.97 Å². The molecule has 0 atom stereocenters.